The molecule has 3 heterocycles. The molecule has 0 saturated carbocycles. The van der Waals surface area contributed by atoms with E-state index in [0.29, 0.717) is 10.4 Å². The first-order chi connectivity index (χ1) is 13.3. The minimum atomic E-state index is -4.82. The van der Waals surface area contributed by atoms with Crippen LogP contribution in [-0.2, 0) is 10.9 Å². The molecule has 0 fully saturated rings. The Kier molecular flexibility index (Phi) is 5.37. The third kappa shape index (κ3) is 3.70. The van der Waals surface area contributed by atoms with Gasteiger partial charge >= 0.3 is 12.1 Å². The molecule has 0 atom stereocenters. The van der Waals surface area contributed by atoms with Crippen molar-refractivity contribution in [2.75, 3.05) is 6.61 Å². The van der Waals surface area contributed by atoms with Crippen LogP contribution in [0.25, 0.3) is 22.5 Å². The summed E-state index contributed by atoms with van der Waals surface area (Å²) in [5.74, 6) is -1.14. The number of hydrogen-bond donors (Lipinski definition) is 0. The fraction of sp³-hybridized carbons (Fsp3) is 0.211. The number of alkyl halides is 3. The highest BCUT2D eigenvalue weighted by atomic mass is 32.1. The number of rotatable bonds is 5. The van der Waals surface area contributed by atoms with Gasteiger partial charge in [-0.25, -0.2) is 14.5 Å². The Bertz CT molecular complexity index is 1040. The summed E-state index contributed by atoms with van der Waals surface area (Å²) < 4.78 is 46.3. The molecule has 28 heavy (non-hydrogen) atoms. The maximum Gasteiger partial charge on any atom is 0.434 e. The van der Waals surface area contributed by atoms with Crippen LogP contribution in [0.3, 0.4) is 0 Å². The summed E-state index contributed by atoms with van der Waals surface area (Å²) in [5, 5.41) is 3.76. The van der Waals surface area contributed by atoms with E-state index >= 15 is 0 Å². The normalized spacial score (nSPS) is 11.5. The van der Waals surface area contributed by atoms with E-state index < -0.39 is 23.4 Å². The Morgan fingerprint density at radius 1 is 1.39 bits per heavy atom. The fourth-order valence-corrected chi connectivity index (χ4v) is 3.69. The van der Waals surface area contributed by atoms with Gasteiger partial charge in [-0.05, 0) is 37.6 Å². The van der Waals surface area contributed by atoms with Gasteiger partial charge in [0.1, 0.15) is 5.56 Å². The van der Waals surface area contributed by atoms with E-state index in [4.69, 9.17) is 4.74 Å². The van der Waals surface area contributed by atoms with E-state index in [9.17, 15) is 18.0 Å². The summed E-state index contributed by atoms with van der Waals surface area (Å²) >= 11 is 1.46. The smallest absolute Gasteiger partial charge is 0.434 e. The Labute approximate surface area is 163 Å². The van der Waals surface area contributed by atoms with Gasteiger partial charge in [-0.1, -0.05) is 18.7 Å². The third-order valence-corrected chi connectivity index (χ3v) is 4.91. The lowest BCUT2D eigenvalue weighted by atomic mass is 10.2. The van der Waals surface area contributed by atoms with Crippen LogP contribution in [0, 0.1) is 6.92 Å². The molecule has 0 aliphatic rings. The Balaban J connectivity index is 2.15. The van der Waals surface area contributed by atoms with Crippen LogP contribution in [0.1, 0.15) is 33.4 Å². The minimum absolute atomic E-state index is 0.0445. The van der Waals surface area contributed by atoms with Crippen LogP contribution in [-0.4, -0.2) is 27.3 Å². The second-order valence-electron chi connectivity index (χ2n) is 5.76. The van der Waals surface area contributed by atoms with Gasteiger partial charge in [-0.15, -0.1) is 11.3 Å². The highest BCUT2D eigenvalue weighted by Crippen LogP contribution is 2.35. The maximum absolute atomic E-state index is 13.7. The number of ether oxygens (including phenoxy) is 1. The van der Waals surface area contributed by atoms with Crippen molar-refractivity contribution in [3.8, 4) is 16.4 Å². The molecule has 146 valence electrons. The topological polar surface area (TPSA) is 57.0 Å². The molecule has 0 spiro atoms. The van der Waals surface area contributed by atoms with Crippen LogP contribution < -0.4 is 0 Å². The van der Waals surface area contributed by atoms with Crippen LogP contribution in [0.2, 0.25) is 0 Å². The number of thiophene rings is 1. The van der Waals surface area contributed by atoms with Crippen molar-refractivity contribution >= 4 is 23.4 Å². The van der Waals surface area contributed by atoms with Crippen LogP contribution in [0.5, 0.6) is 0 Å². The summed E-state index contributed by atoms with van der Waals surface area (Å²) in [6, 6.07) is 6.61. The number of carbonyl (C=O) groups is 1. The van der Waals surface area contributed by atoms with Gasteiger partial charge in [0.15, 0.2) is 11.5 Å². The molecule has 9 heteroatoms. The fourth-order valence-electron chi connectivity index (χ4n) is 2.71. The summed E-state index contributed by atoms with van der Waals surface area (Å²) in [5.41, 5.74) is -0.537. The second kappa shape index (κ2) is 7.59. The van der Waals surface area contributed by atoms with Crippen LogP contribution in [0.15, 0.2) is 37.0 Å². The van der Waals surface area contributed by atoms with Gasteiger partial charge in [0, 0.05) is 4.88 Å². The number of hydrogen-bond acceptors (Lipinski definition) is 5. The minimum Gasteiger partial charge on any atom is -0.462 e. The van der Waals surface area contributed by atoms with Crippen molar-refractivity contribution in [1.29, 1.82) is 0 Å². The van der Waals surface area contributed by atoms with Crippen molar-refractivity contribution in [3.63, 3.8) is 0 Å². The summed E-state index contributed by atoms with van der Waals surface area (Å²) in [7, 11) is 0. The molecule has 3 aromatic heterocycles. The molecule has 0 amide bonds. The summed E-state index contributed by atoms with van der Waals surface area (Å²) in [4.78, 5) is 18.1. The predicted octanol–water partition coefficient (Wildman–Crippen LogP) is 5.14. The predicted molar refractivity (Wildman–Crippen MR) is 100 cm³/mol. The van der Waals surface area contributed by atoms with E-state index in [1.54, 1.807) is 18.2 Å². The van der Waals surface area contributed by atoms with Gasteiger partial charge in [0.25, 0.3) is 0 Å². The lowest BCUT2D eigenvalue weighted by Crippen LogP contribution is -2.19. The lowest BCUT2D eigenvalue weighted by Gasteiger charge is -2.12. The van der Waals surface area contributed by atoms with Crippen LogP contribution in [0.4, 0.5) is 13.2 Å². The number of esters is 1. The highest BCUT2D eigenvalue weighted by Gasteiger charge is 2.41. The maximum atomic E-state index is 13.7. The standard InChI is InChI=1S/C19H16F3N3O2S/c1-4-12-9-11(3)28-16(12)14-7-6-8-15(24-14)25-17(19(20,21)22)13(10-23-25)18(26)27-5-2/h4,6-10H,1,5H2,2-3H3. The largest absolute Gasteiger partial charge is 0.462 e. The number of aromatic nitrogens is 3. The van der Waals surface area contributed by atoms with Crippen molar-refractivity contribution in [2.45, 2.75) is 20.0 Å². The number of carbonyl (C=O) groups excluding carboxylic acids is 1. The van der Waals surface area contributed by atoms with Gasteiger partial charge in [-0.3, -0.25) is 0 Å². The van der Waals surface area contributed by atoms with E-state index in [2.05, 4.69) is 16.7 Å². The first-order valence-corrected chi connectivity index (χ1v) is 9.11. The van der Waals surface area contributed by atoms with Crippen molar-refractivity contribution < 1.29 is 22.7 Å². The Morgan fingerprint density at radius 2 is 2.14 bits per heavy atom. The number of nitrogens with zero attached hydrogens (tertiary/aromatic N) is 3. The quantitative estimate of drug-likeness (QED) is 0.550. The Hall–Kier alpha value is -2.94. The third-order valence-electron chi connectivity index (χ3n) is 3.82. The molecule has 0 aromatic carbocycles. The molecular weight excluding hydrogens is 391 g/mol. The molecule has 0 aliphatic carbocycles. The van der Waals surface area contributed by atoms with Gasteiger partial charge in [-0.2, -0.15) is 18.3 Å². The molecule has 3 rings (SSSR count). The number of pyridine rings is 1. The van der Waals surface area contributed by atoms with Crippen molar-refractivity contribution in [3.05, 3.63) is 58.7 Å². The zero-order chi connectivity index (χ0) is 20.5. The van der Waals surface area contributed by atoms with Gasteiger partial charge in [0.05, 0.1) is 23.4 Å². The van der Waals surface area contributed by atoms with Gasteiger partial charge in [0.2, 0.25) is 0 Å². The van der Waals surface area contributed by atoms with E-state index in [-0.39, 0.29) is 12.4 Å². The van der Waals surface area contributed by atoms with Crippen LogP contribution >= 0.6 is 11.3 Å². The first kappa shape index (κ1) is 19.8. The Morgan fingerprint density at radius 3 is 2.79 bits per heavy atom. The number of halogens is 3. The SMILES string of the molecule is C=Cc1cc(C)sc1-c1cccc(-n2ncc(C(=O)OCC)c2C(F)(F)F)n1. The molecule has 5 nitrogen and oxygen atoms in total. The number of aryl methyl sites for hydroxylation is 1. The van der Waals surface area contributed by atoms with Crippen molar-refractivity contribution in [2.24, 2.45) is 0 Å². The van der Waals surface area contributed by atoms with E-state index in [1.165, 1.54) is 24.3 Å². The first-order valence-electron chi connectivity index (χ1n) is 8.29. The molecule has 0 saturated heterocycles. The zero-order valence-corrected chi connectivity index (χ0v) is 15.9. The summed E-state index contributed by atoms with van der Waals surface area (Å²) in [6.45, 7) is 7.15. The average Bonchev–Trinajstić information content (AvgIpc) is 3.25. The van der Waals surface area contributed by atoms with Crippen molar-refractivity contribution in [1.82, 2.24) is 14.8 Å². The van der Waals surface area contributed by atoms with E-state index in [0.717, 1.165) is 21.5 Å². The molecule has 0 bridgehead atoms. The van der Waals surface area contributed by atoms with Gasteiger partial charge < -0.3 is 4.74 Å². The molecule has 0 unspecified atom stereocenters. The zero-order valence-electron chi connectivity index (χ0n) is 15.1. The molecule has 0 aliphatic heterocycles. The average molecular weight is 407 g/mol. The highest BCUT2D eigenvalue weighted by molar-refractivity contribution is 7.15. The summed E-state index contributed by atoms with van der Waals surface area (Å²) in [6.07, 6.45) is -2.30. The molecular formula is C19H16F3N3O2S. The van der Waals surface area contributed by atoms with E-state index in [1.807, 2.05) is 13.0 Å². The lowest BCUT2D eigenvalue weighted by molar-refractivity contribution is -0.143. The monoisotopic (exact) mass is 407 g/mol. The molecule has 0 radical (unpaired) electrons. The molecule has 3 aromatic rings. The second-order valence-corrected chi connectivity index (χ2v) is 7.02. The molecule has 0 N–H and O–H groups in total.